The summed E-state index contributed by atoms with van der Waals surface area (Å²) < 4.78 is 0. The molecule has 0 amide bonds. The quantitative estimate of drug-likeness (QED) is 0.442. The first-order chi connectivity index (χ1) is 13.4. The second-order valence-electron chi connectivity index (χ2n) is 6.54. The highest BCUT2D eigenvalue weighted by Gasteiger charge is 2.16. The number of hydrogen-bond donors (Lipinski definition) is 0. The van der Waals surface area contributed by atoms with Gasteiger partial charge in [-0.15, -0.1) is 0 Å². The second kappa shape index (κ2) is 8.33. The molecule has 0 saturated carbocycles. The average molecular weight is 346 g/mol. The van der Waals surface area contributed by atoms with Crippen LogP contribution in [0.5, 0.6) is 0 Å². The first kappa shape index (κ1) is 17.1. The van der Waals surface area contributed by atoms with E-state index in [1.807, 2.05) is 0 Å². The molecule has 0 aliphatic heterocycles. The van der Waals surface area contributed by atoms with Gasteiger partial charge in [0.15, 0.2) is 0 Å². The molecule has 0 N–H and O–H groups in total. The zero-order valence-corrected chi connectivity index (χ0v) is 15.3. The Balaban J connectivity index is 2.07. The molecule has 0 nitrogen and oxygen atoms in total. The lowest BCUT2D eigenvalue weighted by molar-refractivity contribution is 1.40. The van der Waals surface area contributed by atoms with Crippen LogP contribution < -0.4 is 0 Å². The summed E-state index contributed by atoms with van der Waals surface area (Å²) in [4.78, 5) is 0. The molecule has 1 aliphatic rings. The van der Waals surface area contributed by atoms with Gasteiger partial charge in [0.1, 0.15) is 0 Å². The summed E-state index contributed by atoms with van der Waals surface area (Å²) in [6.45, 7) is 0. The van der Waals surface area contributed by atoms with E-state index >= 15 is 0 Å². The van der Waals surface area contributed by atoms with Crippen molar-refractivity contribution >= 4 is 11.1 Å². The zero-order valence-electron chi connectivity index (χ0n) is 15.3. The van der Waals surface area contributed by atoms with Crippen molar-refractivity contribution in [1.82, 2.24) is 0 Å². The molecule has 0 spiro atoms. The van der Waals surface area contributed by atoms with E-state index in [9.17, 15) is 0 Å². The van der Waals surface area contributed by atoms with Crippen LogP contribution in [0.2, 0.25) is 0 Å². The maximum atomic E-state index is 2.24. The predicted molar refractivity (Wildman–Crippen MR) is 116 cm³/mol. The van der Waals surface area contributed by atoms with Gasteiger partial charge in [-0.05, 0) is 39.8 Å². The van der Waals surface area contributed by atoms with Gasteiger partial charge in [-0.3, -0.25) is 0 Å². The van der Waals surface area contributed by atoms with E-state index in [4.69, 9.17) is 0 Å². The smallest absolute Gasteiger partial charge is 0.00268 e. The van der Waals surface area contributed by atoms with Crippen LogP contribution in [-0.2, 0) is 0 Å². The van der Waals surface area contributed by atoms with E-state index in [-0.39, 0.29) is 0 Å². The lowest BCUT2D eigenvalue weighted by Gasteiger charge is -2.18. The van der Waals surface area contributed by atoms with Gasteiger partial charge in [-0.2, -0.15) is 0 Å². The maximum absolute atomic E-state index is 2.24. The van der Waals surface area contributed by atoms with E-state index in [1.54, 1.807) is 0 Å². The van der Waals surface area contributed by atoms with E-state index in [1.165, 1.54) is 33.4 Å². The van der Waals surface area contributed by atoms with Crippen molar-refractivity contribution in [2.24, 2.45) is 0 Å². The Kier molecular flexibility index (Phi) is 5.26. The summed E-state index contributed by atoms with van der Waals surface area (Å²) in [6, 6.07) is 32.1. The normalized spacial score (nSPS) is 13.0. The molecule has 0 unspecified atom stereocenters. The van der Waals surface area contributed by atoms with Crippen LogP contribution >= 0.6 is 0 Å². The van der Waals surface area contributed by atoms with Gasteiger partial charge in [0.05, 0.1) is 0 Å². The van der Waals surface area contributed by atoms with Crippen molar-refractivity contribution in [3.63, 3.8) is 0 Å². The van der Waals surface area contributed by atoms with Crippen molar-refractivity contribution in [2.45, 2.75) is 6.42 Å². The number of benzene rings is 3. The number of rotatable bonds is 4. The Morgan fingerprint density at radius 1 is 0.519 bits per heavy atom. The lowest BCUT2D eigenvalue weighted by atomic mass is 9.85. The van der Waals surface area contributed by atoms with Crippen molar-refractivity contribution in [1.29, 1.82) is 0 Å². The SMILES string of the molecule is C1=CCC=CC(C(=C(c2ccccc2)c2ccccc2)c2ccccc2)=C1. The highest BCUT2D eigenvalue weighted by Crippen LogP contribution is 2.37. The van der Waals surface area contributed by atoms with Gasteiger partial charge < -0.3 is 0 Å². The van der Waals surface area contributed by atoms with Gasteiger partial charge >= 0.3 is 0 Å². The van der Waals surface area contributed by atoms with Crippen molar-refractivity contribution in [3.05, 3.63) is 144 Å². The molecule has 0 atom stereocenters. The fourth-order valence-electron chi connectivity index (χ4n) is 3.47. The van der Waals surface area contributed by atoms with Crippen molar-refractivity contribution < 1.29 is 0 Å². The predicted octanol–water partition coefficient (Wildman–Crippen LogP) is 7.09. The Hall–Kier alpha value is -3.38. The standard InChI is InChI=1S/C27H22/c1-2-7-15-22(14-6-1)26(23-16-8-3-9-17-23)27(24-18-10-4-11-19-24)25-20-12-5-13-21-25/h1,3-21H,2H2. The third-order valence-corrected chi connectivity index (χ3v) is 4.71. The number of hydrogen-bond acceptors (Lipinski definition) is 0. The molecular weight excluding hydrogens is 324 g/mol. The summed E-state index contributed by atoms with van der Waals surface area (Å²) in [5, 5.41) is 0. The van der Waals surface area contributed by atoms with Crippen LogP contribution in [0.1, 0.15) is 23.1 Å². The minimum absolute atomic E-state index is 0.966. The molecule has 0 heterocycles. The van der Waals surface area contributed by atoms with Crippen LogP contribution in [0, 0.1) is 0 Å². The van der Waals surface area contributed by atoms with Gasteiger partial charge in [-0.1, -0.05) is 121 Å². The molecule has 27 heavy (non-hydrogen) atoms. The highest BCUT2D eigenvalue weighted by atomic mass is 14.2. The van der Waals surface area contributed by atoms with Crippen LogP contribution in [-0.4, -0.2) is 0 Å². The van der Waals surface area contributed by atoms with E-state index in [0.717, 1.165) is 6.42 Å². The third-order valence-electron chi connectivity index (χ3n) is 4.71. The van der Waals surface area contributed by atoms with E-state index in [0.29, 0.717) is 0 Å². The van der Waals surface area contributed by atoms with Crippen molar-refractivity contribution in [2.75, 3.05) is 0 Å². The van der Waals surface area contributed by atoms with Gasteiger partial charge in [0.2, 0.25) is 0 Å². The molecule has 3 aromatic carbocycles. The third kappa shape index (κ3) is 3.91. The summed E-state index contributed by atoms with van der Waals surface area (Å²) in [7, 11) is 0. The molecule has 1 aliphatic carbocycles. The molecule has 4 rings (SSSR count). The summed E-state index contributed by atoms with van der Waals surface area (Å²) in [5.41, 5.74) is 7.43. The van der Waals surface area contributed by atoms with Crippen molar-refractivity contribution in [3.8, 4) is 0 Å². The summed E-state index contributed by atoms with van der Waals surface area (Å²) in [6.07, 6.45) is 12.0. The largest absolute Gasteiger partial charge is 0.0807 e. The molecule has 0 radical (unpaired) electrons. The summed E-state index contributed by atoms with van der Waals surface area (Å²) >= 11 is 0. The molecular formula is C27H22. The Bertz CT molecular complexity index is 960. The second-order valence-corrected chi connectivity index (χ2v) is 6.54. The molecule has 0 fully saturated rings. The average Bonchev–Trinajstić information content (AvgIpc) is 3.03. The molecule has 0 aromatic heterocycles. The summed E-state index contributed by atoms with van der Waals surface area (Å²) in [5.74, 6) is 0. The minimum atomic E-state index is 0.966. The van der Waals surface area contributed by atoms with Crippen LogP contribution in [0.25, 0.3) is 11.1 Å². The molecule has 0 bridgehead atoms. The maximum Gasteiger partial charge on any atom is -0.00268 e. The van der Waals surface area contributed by atoms with Gasteiger partial charge in [-0.25, -0.2) is 0 Å². The molecule has 0 saturated heterocycles. The fourth-order valence-corrected chi connectivity index (χ4v) is 3.47. The van der Waals surface area contributed by atoms with Crippen LogP contribution in [0.15, 0.2) is 127 Å². The van der Waals surface area contributed by atoms with E-state index in [2.05, 4.69) is 121 Å². The van der Waals surface area contributed by atoms with Gasteiger partial charge in [0.25, 0.3) is 0 Å². The Morgan fingerprint density at radius 3 is 1.52 bits per heavy atom. The molecule has 0 heteroatoms. The Morgan fingerprint density at radius 2 is 1.00 bits per heavy atom. The number of allylic oxidation sites excluding steroid dienone is 7. The minimum Gasteiger partial charge on any atom is -0.0807 e. The highest BCUT2D eigenvalue weighted by molar-refractivity contribution is 6.05. The first-order valence-corrected chi connectivity index (χ1v) is 9.38. The zero-order chi connectivity index (χ0) is 18.3. The topological polar surface area (TPSA) is 0 Å². The fraction of sp³-hybridized carbons (Fsp3) is 0.0370. The van der Waals surface area contributed by atoms with Gasteiger partial charge in [0, 0.05) is 0 Å². The lowest BCUT2D eigenvalue weighted by Crippen LogP contribution is -1.97. The Labute approximate surface area is 161 Å². The molecule has 130 valence electrons. The first-order valence-electron chi connectivity index (χ1n) is 9.38. The monoisotopic (exact) mass is 346 g/mol. The molecule has 3 aromatic rings. The van der Waals surface area contributed by atoms with Crippen LogP contribution in [0.3, 0.4) is 0 Å². The van der Waals surface area contributed by atoms with Crippen LogP contribution in [0.4, 0.5) is 0 Å². The van der Waals surface area contributed by atoms with E-state index < -0.39 is 0 Å².